The molecule has 0 aliphatic carbocycles. The molecule has 8 heteroatoms. The van der Waals surface area contributed by atoms with E-state index in [1.807, 2.05) is 0 Å². The van der Waals surface area contributed by atoms with Crippen LogP contribution in [-0.4, -0.2) is 49.2 Å². The third-order valence-corrected chi connectivity index (χ3v) is 7.42. The maximum absolute atomic E-state index is 12.6. The van der Waals surface area contributed by atoms with Crippen molar-refractivity contribution in [2.45, 2.75) is 85.5 Å². The van der Waals surface area contributed by atoms with Gasteiger partial charge in [0.15, 0.2) is 0 Å². The van der Waals surface area contributed by atoms with E-state index in [9.17, 15) is 14.9 Å². The van der Waals surface area contributed by atoms with E-state index in [1.165, 1.54) is 5.19 Å². The highest BCUT2D eigenvalue weighted by Gasteiger charge is 2.24. The van der Waals surface area contributed by atoms with E-state index in [2.05, 4.69) is 50.0 Å². The van der Waals surface area contributed by atoms with Gasteiger partial charge in [-0.15, -0.1) is 8.07 Å². The molecule has 2 rings (SSSR count). The van der Waals surface area contributed by atoms with Crippen LogP contribution in [0.5, 0.6) is 5.75 Å². The van der Waals surface area contributed by atoms with Crippen molar-refractivity contribution in [3.63, 3.8) is 0 Å². The van der Waals surface area contributed by atoms with Gasteiger partial charge in [0.1, 0.15) is 23.6 Å². The van der Waals surface area contributed by atoms with Gasteiger partial charge in [-0.05, 0) is 59.2 Å². The quantitative estimate of drug-likeness (QED) is 0.305. The molecule has 7 nitrogen and oxygen atoms in total. The zero-order chi connectivity index (χ0) is 28.7. The maximum Gasteiger partial charge on any atom is 0.320 e. The van der Waals surface area contributed by atoms with Crippen molar-refractivity contribution in [2.75, 3.05) is 13.1 Å². The van der Waals surface area contributed by atoms with Gasteiger partial charge in [-0.25, -0.2) is 0 Å². The number of hydrogen-bond donors (Lipinski definition) is 0. The van der Waals surface area contributed by atoms with Crippen LogP contribution in [0.2, 0.25) is 19.6 Å². The molecule has 2 aromatic rings. The third-order valence-electron chi connectivity index (χ3n) is 5.35. The molecule has 0 aliphatic heterocycles. The van der Waals surface area contributed by atoms with Crippen LogP contribution in [0.1, 0.15) is 58.2 Å². The average Bonchev–Trinajstić information content (AvgIpc) is 2.75. The van der Waals surface area contributed by atoms with Crippen molar-refractivity contribution in [3.8, 4) is 11.8 Å². The maximum atomic E-state index is 12.6. The van der Waals surface area contributed by atoms with E-state index < -0.39 is 31.2 Å². The zero-order valence-corrected chi connectivity index (χ0v) is 25.3. The molecule has 0 aliphatic rings. The van der Waals surface area contributed by atoms with Crippen molar-refractivity contribution >= 4 is 25.2 Å². The number of carbonyl (C=O) groups excluding carboxylic acids is 2. The molecule has 0 aromatic heterocycles. The Hall–Kier alpha value is -3.15. The SMILES string of the molecule is CC(C)(C)OC(=O)CN(CC(=O)OC(C)(C)C)Cc1ccc(C#N)cc1OCc1ccc([Si-](C)(C)C)cc1. The molecular formula is C30H42N2O5Si-. The second-order valence-electron chi connectivity index (χ2n) is 12.5. The number of nitriles is 1. The highest BCUT2D eigenvalue weighted by atomic mass is 28.3. The summed E-state index contributed by atoms with van der Waals surface area (Å²) < 4.78 is 17.1. The molecule has 0 amide bonds. The summed E-state index contributed by atoms with van der Waals surface area (Å²) in [6.07, 6.45) is 0. The first kappa shape index (κ1) is 31.1. The lowest BCUT2D eigenvalue weighted by molar-refractivity contribution is -0.160. The van der Waals surface area contributed by atoms with Crippen LogP contribution in [0.3, 0.4) is 0 Å². The summed E-state index contributed by atoms with van der Waals surface area (Å²) in [6, 6.07) is 15.8. The monoisotopic (exact) mass is 538 g/mol. The zero-order valence-electron chi connectivity index (χ0n) is 24.3. The Morgan fingerprint density at radius 2 is 1.39 bits per heavy atom. The summed E-state index contributed by atoms with van der Waals surface area (Å²) in [5, 5.41) is 10.8. The fourth-order valence-electron chi connectivity index (χ4n) is 3.67. The largest absolute Gasteiger partial charge is 0.489 e. The molecule has 0 bridgehead atoms. The van der Waals surface area contributed by atoms with Crippen molar-refractivity contribution < 1.29 is 23.8 Å². The minimum Gasteiger partial charge on any atom is -0.489 e. The molecule has 0 heterocycles. The second kappa shape index (κ2) is 12.6. The van der Waals surface area contributed by atoms with Gasteiger partial charge in [-0.3, -0.25) is 14.5 Å². The molecular weight excluding hydrogens is 496 g/mol. The summed E-state index contributed by atoms with van der Waals surface area (Å²) in [4.78, 5) is 26.9. The Bertz CT molecular complexity index is 1120. The molecule has 207 valence electrons. The fourth-order valence-corrected chi connectivity index (χ4v) is 4.84. The Balaban J connectivity index is 2.27. The van der Waals surface area contributed by atoms with Crippen LogP contribution in [0, 0.1) is 11.3 Å². The van der Waals surface area contributed by atoms with Crippen molar-refractivity contribution in [2.24, 2.45) is 0 Å². The third kappa shape index (κ3) is 11.1. The first-order valence-corrected chi connectivity index (χ1v) is 16.4. The lowest BCUT2D eigenvalue weighted by Crippen LogP contribution is -2.39. The van der Waals surface area contributed by atoms with E-state index in [4.69, 9.17) is 14.2 Å². The van der Waals surface area contributed by atoms with Gasteiger partial charge in [0.2, 0.25) is 0 Å². The molecule has 0 saturated carbocycles. The van der Waals surface area contributed by atoms with Gasteiger partial charge < -0.3 is 14.2 Å². The summed E-state index contributed by atoms with van der Waals surface area (Å²) in [5.41, 5.74) is 0.920. The smallest absolute Gasteiger partial charge is 0.320 e. The minimum absolute atomic E-state index is 0.103. The molecule has 2 aromatic carbocycles. The molecule has 0 saturated heterocycles. The molecule has 0 unspecified atom stereocenters. The molecule has 0 atom stereocenters. The van der Waals surface area contributed by atoms with Gasteiger partial charge in [0.25, 0.3) is 0 Å². The number of rotatable bonds is 10. The number of hydrogen-bond acceptors (Lipinski definition) is 7. The Labute approximate surface area is 228 Å². The van der Waals surface area contributed by atoms with Crippen LogP contribution < -0.4 is 9.92 Å². The van der Waals surface area contributed by atoms with Crippen molar-refractivity contribution in [3.05, 3.63) is 59.2 Å². The van der Waals surface area contributed by atoms with Crippen LogP contribution in [0.15, 0.2) is 42.5 Å². The van der Waals surface area contributed by atoms with Crippen molar-refractivity contribution in [1.82, 2.24) is 4.90 Å². The molecule has 38 heavy (non-hydrogen) atoms. The molecule has 0 spiro atoms. The predicted molar refractivity (Wildman–Crippen MR) is 152 cm³/mol. The van der Waals surface area contributed by atoms with Gasteiger partial charge in [-0.2, -0.15) is 30.1 Å². The highest BCUT2D eigenvalue weighted by molar-refractivity contribution is 6.88. The number of nitrogens with zero attached hydrogens (tertiary/aromatic N) is 2. The number of esters is 2. The van der Waals surface area contributed by atoms with E-state index >= 15 is 0 Å². The molecule has 0 N–H and O–H groups in total. The summed E-state index contributed by atoms with van der Waals surface area (Å²) in [7, 11) is -1.40. The normalized spacial score (nSPS) is 12.1. The van der Waals surface area contributed by atoms with Gasteiger partial charge in [-0.1, -0.05) is 30.3 Å². The van der Waals surface area contributed by atoms with E-state index in [0.29, 0.717) is 17.9 Å². The lowest BCUT2D eigenvalue weighted by Gasteiger charge is -2.29. The fraction of sp³-hybridized carbons (Fsp3) is 0.500. The number of benzene rings is 2. The molecule has 0 fully saturated rings. The van der Waals surface area contributed by atoms with Crippen LogP contribution in [0.25, 0.3) is 0 Å². The highest BCUT2D eigenvalue weighted by Crippen LogP contribution is 2.24. The predicted octanol–water partition coefficient (Wildman–Crippen LogP) is 5.17. The van der Waals surface area contributed by atoms with Crippen LogP contribution in [-0.2, 0) is 32.2 Å². The van der Waals surface area contributed by atoms with E-state index in [1.54, 1.807) is 64.6 Å². The van der Waals surface area contributed by atoms with Crippen LogP contribution >= 0.6 is 0 Å². The first-order chi connectivity index (χ1) is 17.4. The van der Waals surface area contributed by atoms with Gasteiger partial charge in [0, 0.05) is 12.1 Å². The van der Waals surface area contributed by atoms with E-state index in [-0.39, 0.29) is 19.6 Å². The Kier molecular flexibility index (Phi) is 10.3. The Morgan fingerprint density at radius 1 is 0.868 bits per heavy atom. The van der Waals surface area contributed by atoms with Gasteiger partial charge in [0.05, 0.1) is 24.7 Å². The second-order valence-corrected chi connectivity index (χ2v) is 17.6. The van der Waals surface area contributed by atoms with E-state index in [0.717, 1.165) is 11.1 Å². The standard InChI is InChI=1S/C30H42N2O5Si/c1-29(2,3)36-27(33)19-32(20-28(34)37-30(4,5)6)18-24-13-10-23(17-31)16-26(24)35-21-22-11-14-25(15-12-22)38(7,8)9/h10-16H,18-21H2,1-9H3/q-1. The minimum atomic E-state index is -1.40. The summed E-state index contributed by atoms with van der Waals surface area (Å²) in [5.74, 6) is -0.365. The number of carbonyl (C=O) groups is 2. The van der Waals surface area contributed by atoms with Gasteiger partial charge >= 0.3 is 11.9 Å². The summed E-state index contributed by atoms with van der Waals surface area (Å²) in [6.45, 7) is 18.0. The topological polar surface area (TPSA) is 88.9 Å². The first-order valence-electron chi connectivity index (χ1n) is 12.9. The lowest BCUT2D eigenvalue weighted by atomic mass is 10.1. The van der Waals surface area contributed by atoms with Crippen molar-refractivity contribution in [1.29, 1.82) is 5.26 Å². The van der Waals surface area contributed by atoms with Crippen LogP contribution in [0.4, 0.5) is 0 Å². The summed E-state index contributed by atoms with van der Waals surface area (Å²) >= 11 is 0. The Morgan fingerprint density at radius 3 is 1.84 bits per heavy atom. The average molecular weight is 539 g/mol. The number of ether oxygens (including phenoxy) is 3. The molecule has 0 radical (unpaired) electrons.